The third-order valence-corrected chi connectivity index (χ3v) is 4.84. The Kier molecular flexibility index (Phi) is 8.47. The summed E-state index contributed by atoms with van der Waals surface area (Å²) in [6.45, 7) is 5.75. The number of rotatable bonds is 9. The van der Waals surface area contributed by atoms with Crippen LogP contribution in [0.2, 0.25) is 0 Å². The van der Waals surface area contributed by atoms with E-state index in [2.05, 4.69) is 19.2 Å². The number of amides is 1. The molecule has 2 aromatic rings. The molecule has 0 fully saturated rings. The largest absolute Gasteiger partial charge is 0.493 e. The van der Waals surface area contributed by atoms with Gasteiger partial charge >= 0.3 is 5.97 Å². The number of methoxy groups -OCH3 is 2. The zero-order valence-electron chi connectivity index (χ0n) is 18.1. The highest BCUT2D eigenvalue weighted by Gasteiger charge is 2.19. The number of ether oxygens (including phenoxy) is 3. The highest BCUT2D eigenvalue weighted by molar-refractivity contribution is 5.97. The topological polar surface area (TPSA) is 73.9 Å². The van der Waals surface area contributed by atoms with Gasteiger partial charge in [0.05, 0.1) is 14.2 Å². The Hall–Kier alpha value is -3.28. The van der Waals surface area contributed by atoms with Crippen LogP contribution in [-0.4, -0.2) is 32.2 Å². The van der Waals surface area contributed by atoms with Gasteiger partial charge in [0.1, 0.15) is 0 Å². The van der Waals surface area contributed by atoms with Crippen LogP contribution in [0.15, 0.2) is 48.5 Å². The Labute approximate surface area is 177 Å². The van der Waals surface area contributed by atoms with Gasteiger partial charge in [0.2, 0.25) is 0 Å². The first-order chi connectivity index (χ1) is 14.4. The lowest BCUT2D eigenvalue weighted by Crippen LogP contribution is -2.29. The van der Waals surface area contributed by atoms with Crippen LogP contribution in [0.3, 0.4) is 0 Å². The van der Waals surface area contributed by atoms with E-state index in [1.807, 2.05) is 24.3 Å². The lowest BCUT2D eigenvalue weighted by molar-refractivity contribution is -0.148. The van der Waals surface area contributed by atoms with Crippen molar-refractivity contribution in [3.8, 4) is 11.5 Å². The SMILES string of the molecule is CC[C@@H](C)c1ccccc1NC(=O)[C@H](C)OC(=O)/C=C/c1ccc(OC)c(OC)c1. The van der Waals surface area contributed by atoms with Crippen molar-refractivity contribution >= 4 is 23.6 Å². The van der Waals surface area contributed by atoms with Gasteiger partial charge in [0.15, 0.2) is 17.6 Å². The maximum absolute atomic E-state index is 12.5. The number of carbonyl (C=O) groups excluding carboxylic acids is 2. The van der Waals surface area contributed by atoms with E-state index >= 15 is 0 Å². The molecule has 160 valence electrons. The quantitative estimate of drug-likeness (QED) is 0.474. The number of anilines is 1. The summed E-state index contributed by atoms with van der Waals surface area (Å²) in [5, 5.41) is 2.86. The first-order valence-corrected chi connectivity index (χ1v) is 9.90. The van der Waals surface area contributed by atoms with Gasteiger partial charge in [0.25, 0.3) is 5.91 Å². The van der Waals surface area contributed by atoms with Crippen molar-refractivity contribution < 1.29 is 23.8 Å². The van der Waals surface area contributed by atoms with Gasteiger partial charge < -0.3 is 19.5 Å². The molecule has 1 amide bonds. The number of hydrogen-bond acceptors (Lipinski definition) is 5. The number of hydrogen-bond donors (Lipinski definition) is 1. The summed E-state index contributed by atoms with van der Waals surface area (Å²) in [5.74, 6) is 0.478. The summed E-state index contributed by atoms with van der Waals surface area (Å²) >= 11 is 0. The van der Waals surface area contributed by atoms with Crippen molar-refractivity contribution in [2.24, 2.45) is 0 Å². The average Bonchev–Trinajstić information content (AvgIpc) is 2.77. The van der Waals surface area contributed by atoms with Gasteiger partial charge in [-0.2, -0.15) is 0 Å². The average molecular weight is 411 g/mol. The zero-order valence-corrected chi connectivity index (χ0v) is 18.1. The second-order valence-corrected chi connectivity index (χ2v) is 6.91. The van der Waals surface area contributed by atoms with Gasteiger partial charge in [-0.25, -0.2) is 4.79 Å². The normalized spacial score (nSPS) is 12.8. The van der Waals surface area contributed by atoms with E-state index in [0.717, 1.165) is 23.2 Å². The summed E-state index contributed by atoms with van der Waals surface area (Å²) in [6.07, 6.45) is 2.89. The van der Waals surface area contributed by atoms with Crippen LogP contribution in [-0.2, 0) is 14.3 Å². The van der Waals surface area contributed by atoms with Crippen LogP contribution in [0.1, 0.15) is 44.2 Å². The third-order valence-electron chi connectivity index (χ3n) is 4.84. The van der Waals surface area contributed by atoms with Gasteiger partial charge in [0, 0.05) is 11.8 Å². The van der Waals surface area contributed by atoms with Crippen molar-refractivity contribution in [3.05, 3.63) is 59.7 Å². The van der Waals surface area contributed by atoms with Crippen LogP contribution in [0.25, 0.3) is 6.08 Å². The van der Waals surface area contributed by atoms with Crippen molar-refractivity contribution in [1.82, 2.24) is 0 Å². The molecule has 30 heavy (non-hydrogen) atoms. The van der Waals surface area contributed by atoms with Crippen LogP contribution >= 0.6 is 0 Å². The smallest absolute Gasteiger partial charge is 0.331 e. The van der Waals surface area contributed by atoms with Gasteiger partial charge in [-0.05, 0) is 54.7 Å². The molecule has 0 spiro atoms. The minimum atomic E-state index is -0.933. The van der Waals surface area contributed by atoms with E-state index in [1.54, 1.807) is 45.4 Å². The molecule has 2 aromatic carbocycles. The Bertz CT molecular complexity index is 906. The lowest BCUT2D eigenvalue weighted by Gasteiger charge is -2.17. The maximum atomic E-state index is 12.5. The standard InChI is InChI=1S/C24H29NO5/c1-6-16(2)19-9-7-8-10-20(19)25-24(27)17(3)30-23(26)14-12-18-11-13-21(28-4)22(15-18)29-5/h7-17H,6H2,1-5H3,(H,25,27)/b14-12+/t16-,17+/m1/s1. The number of nitrogens with one attached hydrogen (secondary N) is 1. The molecular weight excluding hydrogens is 382 g/mol. The van der Waals surface area contributed by atoms with E-state index in [1.165, 1.54) is 6.08 Å². The summed E-state index contributed by atoms with van der Waals surface area (Å²) in [4.78, 5) is 24.6. The molecule has 0 unspecified atom stereocenters. The molecular formula is C24H29NO5. The lowest BCUT2D eigenvalue weighted by atomic mass is 9.97. The maximum Gasteiger partial charge on any atom is 0.331 e. The predicted octanol–water partition coefficient (Wildman–Crippen LogP) is 4.80. The minimum absolute atomic E-state index is 0.309. The molecule has 1 N–H and O–H groups in total. The second kappa shape index (κ2) is 11.0. The second-order valence-electron chi connectivity index (χ2n) is 6.91. The summed E-state index contributed by atoms with van der Waals surface area (Å²) in [5.41, 5.74) is 2.53. The molecule has 0 saturated carbocycles. The van der Waals surface area contributed by atoms with E-state index in [-0.39, 0.29) is 5.91 Å². The number of carbonyl (C=O) groups is 2. The Morgan fingerprint density at radius 2 is 1.73 bits per heavy atom. The molecule has 0 aliphatic rings. The summed E-state index contributed by atoms with van der Waals surface area (Å²) in [6, 6.07) is 12.9. The molecule has 6 nitrogen and oxygen atoms in total. The molecule has 0 saturated heterocycles. The van der Waals surface area contributed by atoms with Crippen molar-refractivity contribution in [2.45, 2.75) is 39.2 Å². The van der Waals surface area contributed by atoms with Crippen molar-refractivity contribution in [2.75, 3.05) is 19.5 Å². The van der Waals surface area contributed by atoms with E-state index in [0.29, 0.717) is 17.4 Å². The first kappa shape index (κ1) is 23.0. The first-order valence-electron chi connectivity index (χ1n) is 9.90. The summed E-state index contributed by atoms with van der Waals surface area (Å²) < 4.78 is 15.7. The Morgan fingerprint density at radius 3 is 2.40 bits per heavy atom. The molecule has 0 aliphatic heterocycles. The Morgan fingerprint density at radius 1 is 1.03 bits per heavy atom. The van der Waals surface area contributed by atoms with Crippen LogP contribution in [0.5, 0.6) is 11.5 Å². The van der Waals surface area contributed by atoms with Crippen LogP contribution in [0.4, 0.5) is 5.69 Å². The number of para-hydroxylation sites is 1. The number of benzene rings is 2. The fourth-order valence-electron chi connectivity index (χ4n) is 2.88. The van der Waals surface area contributed by atoms with Crippen molar-refractivity contribution in [3.63, 3.8) is 0 Å². The molecule has 0 radical (unpaired) electrons. The molecule has 0 bridgehead atoms. The van der Waals surface area contributed by atoms with Gasteiger partial charge in [-0.3, -0.25) is 4.79 Å². The highest BCUT2D eigenvalue weighted by Crippen LogP contribution is 2.28. The zero-order chi connectivity index (χ0) is 22.1. The molecule has 6 heteroatoms. The van der Waals surface area contributed by atoms with E-state index in [9.17, 15) is 9.59 Å². The van der Waals surface area contributed by atoms with E-state index in [4.69, 9.17) is 14.2 Å². The Balaban J connectivity index is 1.99. The third kappa shape index (κ3) is 6.11. The minimum Gasteiger partial charge on any atom is -0.493 e. The fraction of sp³-hybridized carbons (Fsp3) is 0.333. The van der Waals surface area contributed by atoms with Crippen LogP contribution in [0, 0.1) is 0 Å². The van der Waals surface area contributed by atoms with Gasteiger partial charge in [-0.15, -0.1) is 0 Å². The molecule has 0 aliphatic carbocycles. The molecule has 2 rings (SSSR count). The monoisotopic (exact) mass is 411 g/mol. The predicted molar refractivity (Wildman–Crippen MR) is 118 cm³/mol. The van der Waals surface area contributed by atoms with Gasteiger partial charge in [-0.1, -0.05) is 38.1 Å². The fourth-order valence-corrected chi connectivity index (χ4v) is 2.88. The number of esters is 1. The van der Waals surface area contributed by atoms with Crippen molar-refractivity contribution in [1.29, 1.82) is 0 Å². The summed E-state index contributed by atoms with van der Waals surface area (Å²) in [7, 11) is 3.10. The van der Waals surface area contributed by atoms with E-state index < -0.39 is 12.1 Å². The molecule has 0 heterocycles. The molecule has 2 atom stereocenters. The molecule has 0 aromatic heterocycles. The highest BCUT2D eigenvalue weighted by atomic mass is 16.5. The van der Waals surface area contributed by atoms with Crippen LogP contribution < -0.4 is 14.8 Å².